The van der Waals surface area contributed by atoms with Crippen LogP contribution in [0.3, 0.4) is 0 Å². The highest BCUT2D eigenvalue weighted by molar-refractivity contribution is 9.10. The smallest absolute Gasteiger partial charge is 0.279 e. The van der Waals surface area contributed by atoms with Gasteiger partial charge in [-0.05, 0) is 53.5 Å². The van der Waals surface area contributed by atoms with Gasteiger partial charge in [-0.15, -0.1) is 0 Å². The average Bonchev–Trinajstić information content (AvgIpc) is 3.11. The molecule has 4 rings (SSSR count). The third-order valence-electron chi connectivity index (χ3n) is 4.65. The van der Waals surface area contributed by atoms with Gasteiger partial charge >= 0.3 is 0 Å². The summed E-state index contributed by atoms with van der Waals surface area (Å²) in [5, 5.41) is 0.911. The van der Waals surface area contributed by atoms with Gasteiger partial charge in [-0.3, -0.25) is 14.5 Å². The van der Waals surface area contributed by atoms with Gasteiger partial charge < -0.3 is 9.55 Å². The molecule has 1 amide bonds. The number of fused-ring (bicyclic) bond motifs is 1. The number of aromatic amines is 1. The number of hydrogen-bond acceptors (Lipinski definition) is 3. The average molecular weight is 482 g/mol. The second-order valence-electron chi connectivity index (χ2n) is 6.74. The predicted molar refractivity (Wildman–Crippen MR) is 112 cm³/mol. The summed E-state index contributed by atoms with van der Waals surface area (Å²) in [6.07, 6.45) is 1.39. The van der Waals surface area contributed by atoms with E-state index in [0.717, 1.165) is 5.56 Å². The van der Waals surface area contributed by atoms with Crippen molar-refractivity contribution in [3.8, 4) is 0 Å². The van der Waals surface area contributed by atoms with Crippen LogP contribution in [0.2, 0.25) is 10.0 Å². The zero-order chi connectivity index (χ0) is 20.2. The van der Waals surface area contributed by atoms with Crippen molar-refractivity contribution in [1.82, 2.24) is 14.5 Å². The quantitative estimate of drug-likeness (QED) is 0.573. The van der Waals surface area contributed by atoms with Crippen LogP contribution < -0.4 is 10.5 Å². The molecular weight excluding hydrogens is 467 g/mol. The zero-order valence-corrected chi connectivity index (χ0v) is 18.0. The monoisotopic (exact) mass is 480 g/mol. The third kappa shape index (κ3) is 2.98. The van der Waals surface area contributed by atoms with Crippen LogP contribution >= 0.6 is 39.1 Å². The van der Waals surface area contributed by atoms with Crippen LogP contribution in [0.4, 0.5) is 5.69 Å². The van der Waals surface area contributed by atoms with E-state index in [1.54, 1.807) is 12.1 Å². The molecule has 1 N–H and O–H groups in total. The normalized spacial score (nSPS) is 16.1. The minimum atomic E-state index is -0.541. The summed E-state index contributed by atoms with van der Waals surface area (Å²) in [6.45, 7) is 4.01. The summed E-state index contributed by atoms with van der Waals surface area (Å²) >= 11 is 15.6. The fourth-order valence-electron chi connectivity index (χ4n) is 3.51. The molecule has 0 saturated carbocycles. The predicted octanol–water partition coefficient (Wildman–Crippen LogP) is 4.97. The van der Waals surface area contributed by atoms with E-state index in [1.165, 1.54) is 17.2 Å². The molecule has 6 nitrogen and oxygen atoms in total. The maximum atomic E-state index is 13.3. The highest BCUT2D eigenvalue weighted by Gasteiger charge is 2.45. The fraction of sp³-hybridized carbons (Fsp3) is 0.211. The topological polar surface area (TPSA) is 71.0 Å². The molecular formula is C19H15BrCl2N4O2. The third-order valence-corrected chi connectivity index (χ3v) is 5.68. The molecule has 1 atom stereocenters. The van der Waals surface area contributed by atoms with E-state index in [4.69, 9.17) is 23.2 Å². The van der Waals surface area contributed by atoms with Crippen LogP contribution in [-0.2, 0) is 0 Å². The van der Waals surface area contributed by atoms with Gasteiger partial charge in [0.25, 0.3) is 11.5 Å². The van der Waals surface area contributed by atoms with Crippen molar-refractivity contribution >= 4 is 50.7 Å². The molecule has 0 spiro atoms. The maximum absolute atomic E-state index is 13.3. The van der Waals surface area contributed by atoms with Crippen molar-refractivity contribution in [2.24, 2.45) is 0 Å². The Morgan fingerprint density at radius 3 is 2.46 bits per heavy atom. The number of imidazole rings is 1. The maximum Gasteiger partial charge on any atom is 0.279 e. The second-order valence-corrected chi connectivity index (χ2v) is 8.32. The van der Waals surface area contributed by atoms with Crippen LogP contribution in [0.15, 0.2) is 46.1 Å². The van der Waals surface area contributed by atoms with Crippen LogP contribution in [0.1, 0.15) is 47.7 Å². The Hall–Kier alpha value is -2.09. The highest BCUT2D eigenvalue weighted by Crippen LogP contribution is 2.43. The van der Waals surface area contributed by atoms with Crippen molar-refractivity contribution in [1.29, 1.82) is 0 Å². The van der Waals surface area contributed by atoms with Gasteiger partial charge in [0.05, 0.1) is 10.7 Å². The number of rotatable bonds is 3. The van der Waals surface area contributed by atoms with Gasteiger partial charge in [0.15, 0.2) is 10.4 Å². The number of aromatic nitrogens is 3. The minimum absolute atomic E-state index is 0.0471. The number of nitrogens with one attached hydrogen (secondary N) is 1. The number of carbonyl (C=O) groups excluding carboxylic acids is 1. The first-order valence-electron chi connectivity index (χ1n) is 8.54. The fourth-order valence-corrected chi connectivity index (χ4v) is 4.57. The van der Waals surface area contributed by atoms with Crippen molar-refractivity contribution in [2.45, 2.75) is 25.9 Å². The van der Waals surface area contributed by atoms with E-state index in [0.29, 0.717) is 26.2 Å². The number of hydrogen-bond donors (Lipinski definition) is 1. The molecule has 1 aliphatic rings. The molecule has 0 aliphatic carbocycles. The summed E-state index contributed by atoms with van der Waals surface area (Å²) in [4.78, 5) is 34.3. The molecule has 3 aromatic rings. The lowest BCUT2D eigenvalue weighted by Gasteiger charge is -2.27. The highest BCUT2D eigenvalue weighted by atomic mass is 79.9. The molecule has 0 saturated heterocycles. The summed E-state index contributed by atoms with van der Waals surface area (Å²) < 4.78 is 2.52. The molecule has 2 aromatic heterocycles. The van der Waals surface area contributed by atoms with Gasteiger partial charge in [0, 0.05) is 17.3 Å². The minimum Gasteiger partial charge on any atom is -0.326 e. The lowest BCUT2D eigenvalue weighted by atomic mass is 10.0. The first kappa shape index (κ1) is 19.2. The van der Waals surface area contributed by atoms with Gasteiger partial charge in [-0.1, -0.05) is 35.3 Å². The molecule has 1 unspecified atom stereocenters. The van der Waals surface area contributed by atoms with E-state index < -0.39 is 11.6 Å². The number of nitrogens with zero attached hydrogens (tertiary/aromatic N) is 3. The van der Waals surface area contributed by atoms with E-state index in [1.807, 2.05) is 30.5 Å². The van der Waals surface area contributed by atoms with Gasteiger partial charge in [0.2, 0.25) is 0 Å². The Morgan fingerprint density at radius 1 is 1.14 bits per heavy atom. The molecule has 0 radical (unpaired) electrons. The lowest BCUT2D eigenvalue weighted by molar-refractivity contribution is 0.0989. The summed E-state index contributed by atoms with van der Waals surface area (Å²) in [5.41, 5.74) is 1.59. The van der Waals surface area contributed by atoms with E-state index in [-0.39, 0.29) is 17.6 Å². The van der Waals surface area contributed by atoms with Crippen LogP contribution in [-0.4, -0.2) is 20.4 Å². The molecule has 0 fully saturated rings. The summed E-state index contributed by atoms with van der Waals surface area (Å²) in [7, 11) is 0. The second kappa shape index (κ2) is 7.06. The Kier molecular flexibility index (Phi) is 4.85. The van der Waals surface area contributed by atoms with E-state index in [9.17, 15) is 9.59 Å². The van der Waals surface area contributed by atoms with Gasteiger partial charge in [-0.25, -0.2) is 4.98 Å². The van der Waals surface area contributed by atoms with Crippen molar-refractivity contribution in [3.63, 3.8) is 0 Å². The molecule has 3 heterocycles. The van der Waals surface area contributed by atoms with Crippen LogP contribution in [0.5, 0.6) is 0 Å². The van der Waals surface area contributed by atoms with Crippen LogP contribution in [0.25, 0.3) is 0 Å². The first-order valence-corrected chi connectivity index (χ1v) is 10.1. The van der Waals surface area contributed by atoms with Crippen molar-refractivity contribution in [3.05, 3.63) is 78.6 Å². The molecule has 9 heteroatoms. The van der Waals surface area contributed by atoms with Gasteiger partial charge in [0.1, 0.15) is 11.7 Å². The number of carbonyl (C=O) groups is 1. The zero-order valence-electron chi connectivity index (χ0n) is 14.9. The Morgan fingerprint density at radius 2 is 1.82 bits per heavy atom. The first-order chi connectivity index (χ1) is 13.3. The number of amides is 1. The number of halogens is 3. The summed E-state index contributed by atoms with van der Waals surface area (Å²) in [6, 6.07) is 8.18. The standard InChI is InChI=1S/C19H15BrCl2N4O2/c1-9(2)25-16-14(24-19(25)20)18(28)26(13-7-12(22)8-23-17(13)27)15(16)10-3-5-11(21)6-4-10/h3-9,15H,1-2H3,(H,23,27). The number of pyridine rings is 1. The Bertz CT molecular complexity index is 1140. The number of anilines is 1. The molecule has 144 valence electrons. The van der Waals surface area contributed by atoms with Gasteiger partial charge in [-0.2, -0.15) is 0 Å². The van der Waals surface area contributed by atoms with Crippen LogP contribution in [0, 0.1) is 0 Å². The van der Waals surface area contributed by atoms with E-state index in [2.05, 4.69) is 25.9 Å². The lowest BCUT2D eigenvalue weighted by Crippen LogP contribution is -2.34. The molecule has 0 bridgehead atoms. The Labute approximate surface area is 179 Å². The SMILES string of the molecule is CC(C)n1c(Br)nc2c1C(c1ccc(Cl)cc1)N(c1cc(Cl)c[nH]c1=O)C2=O. The van der Waals surface area contributed by atoms with Crippen molar-refractivity contribution in [2.75, 3.05) is 4.90 Å². The number of benzene rings is 1. The largest absolute Gasteiger partial charge is 0.326 e. The number of H-pyrrole nitrogens is 1. The van der Waals surface area contributed by atoms with E-state index >= 15 is 0 Å². The molecule has 1 aliphatic heterocycles. The van der Waals surface area contributed by atoms with Crippen molar-refractivity contribution < 1.29 is 4.79 Å². The molecule has 28 heavy (non-hydrogen) atoms. The molecule has 1 aromatic carbocycles. The summed E-state index contributed by atoms with van der Waals surface area (Å²) in [5.74, 6) is -0.359. The Balaban J connectivity index is 2.00.